The third kappa shape index (κ3) is 4.55. The highest BCUT2D eigenvalue weighted by atomic mass is 35.5. The van der Waals surface area contributed by atoms with Crippen molar-refractivity contribution in [3.63, 3.8) is 0 Å². The van der Waals surface area contributed by atoms with Crippen LogP contribution in [0.5, 0.6) is 5.75 Å². The van der Waals surface area contributed by atoms with Crippen molar-refractivity contribution in [1.82, 2.24) is 0 Å². The van der Waals surface area contributed by atoms with Gasteiger partial charge < -0.3 is 9.47 Å². The van der Waals surface area contributed by atoms with Gasteiger partial charge in [-0.3, -0.25) is 10.1 Å². The molecule has 0 spiro atoms. The van der Waals surface area contributed by atoms with Crippen LogP contribution in [0.15, 0.2) is 54.3 Å². The molecule has 0 bridgehead atoms. The monoisotopic (exact) mass is 333 g/mol. The lowest BCUT2D eigenvalue weighted by atomic mass is 10.2. The van der Waals surface area contributed by atoms with E-state index in [4.69, 9.17) is 16.3 Å². The molecule has 0 radical (unpaired) electrons. The minimum absolute atomic E-state index is 0.0413. The number of hydrogen-bond acceptors (Lipinski definition) is 5. The number of carbonyl (C=O) groups excluding carboxylic acids is 1. The number of benzene rings is 2. The number of ether oxygens (including phenoxy) is 2. The predicted octanol–water partition coefficient (Wildman–Crippen LogP) is 3.84. The van der Waals surface area contributed by atoms with Gasteiger partial charge in [0.05, 0.1) is 12.0 Å². The van der Waals surface area contributed by atoms with Gasteiger partial charge in [-0.25, -0.2) is 4.79 Å². The summed E-state index contributed by atoms with van der Waals surface area (Å²) in [4.78, 5) is 22.0. The van der Waals surface area contributed by atoms with E-state index in [-0.39, 0.29) is 11.4 Å². The minimum atomic E-state index is -0.668. The normalized spacial score (nSPS) is 11.0. The van der Waals surface area contributed by atoms with Crippen molar-refractivity contribution in [3.05, 3.63) is 75.0 Å². The summed E-state index contributed by atoms with van der Waals surface area (Å²) in [6.45, 7) is 0. The predicted molar refractivity (Wildman–Crippen MR) is 85.2 cm³/mol. The van der Waals surface area contributed by atoms with Crippen LogP contribution in [0.2, 0.25) is 5.02 Å². The zero-order chi connectivity index (χ0) is 16.8. The number of esters is 1. The first-order valence-corrected chi connectivity index (χ1v) is 6.85. The summed E-state index contributed by atoms with van der Waals surface area (Å²) in [5.41, 5.74) is 0.519. The lowest BCUT2D eigenvalue weighted by Gasteiger charge is -2.08. The largest absolute Gasteiger partial charge is 0.463 e. The molecule has 0 unspecified atom stereocenters. The molecule has 0 aliphatic carbocycles. The summed E-state index contributed by atoms with van der Waals surface area (Å²) in [6, 6.07) is 12.1. The summed E-state index contributed by atoms with van der Waals surface area (Å²) in [7, 11) is 1.23. The summed E-state index contributed by atoms with van der Waals surface area (Å²) >= 11 is 5.79. The van der Waals surface area contributed by atoms with Crippen LogP contribution in [0.4, 0.5) is 5.69 Å². The average Bonchev–Trinajstić information content (AvgIpc) is 2.56. The van der Waals surface area contributed by atoms with Gasteiger partial charge in [0.15, 0.2) is 0 Å². The SMILES string of the molecule is COC(=O)/C(=C/c1ccc([N+](=O)[O-])cc1)Oc1ccc(Cl)cc1. The first-order valence-electron chi connectivity index (χ1n) is 6.47. The van der Waals surface area contributed by atoms with E-state index < -0.39 is 10.9 Å². The van der Waals surface area contributed by atoms with Gasteiger partial charge in [-0.15, -0.1) is 0 Å². The molecule has 0 heterocycles. The van der Waals surface area contributed by atoms with E-state index in [0.717, 1.165) is 0 Å². The van der Waals surface area contributed by atoms with Gasteiger partial charge in [-0.1, -0.05) is 11.6 Å². The summed E-state index contributed by atoms with van der Waals surface area (Å²) < 4.78 is 10.2. The molecule has 0 saturated carbocycles. The lowest BCUT2D eigenvalue weighted by Crippen LogP contribution is -2.10. The molecule has 0 atom stereocenters. The van der Waals surface area contributed by atoms with Crippen molar-refractivity contribution in [3.8, 4) is 5.75 Å². The van der Waals surface area contributed by atoms with E-state index in [2.05, 4.69) is 4.74 Å². The molecule has 6 nitrogen and oxygen atoms in total. The van der Waals surface area contributed by atoms with Crippen molar-refractivity contribution in [2.24, 2.45) is 0 Å². The highest BCUT2D eigenvalue weighted by molar-refractivity contribution is 6.30. The molecular weight excluding hydrogens is 322 g/mol. The highest BCUT2D eigenvalue weighted by Crippen LogP contribution is 2.20. The maximum Gasteiger partial charge on any atom is 0.373 e. The van der Waals surface area contributed by atoms with Crippen molar-refractivity contribution < 1.29 is 19.2 Å². The quantitative estimate of drug-likeness (QED) is 0.273. The fourth-order valence-corrected chi connectivity index (χ4v) is 1.83. The second-order valence-corrected chi connectivity index (χ2v) is 4.84. The van der Waals surface area contributed by atoms with E-state index >= 15 is 0 Å². The van der Waals surface area contributed by atoms with E-state index in [1.54, 1.807) is 24.3 Å². The molecule has 0 saturated heterocycles. The van der Waals surface area contributed by atoms with Crippen molar-refractivity contribution in [2.75, 3.05) is 7.11 Å². The maximum absolute atomic E-state index is 11.8. The van der Waals surface area contributed by atoms with Crippen molar-refractivity contribution in [1.29, 1.82) is 0 Å². The molecule has 0 aliphatic heterocycles. The Kier molecular flexibility index (Phi) is 5.32. The lowest BCUT2D eigenvalue weighted by molar-refractivity contribution is -0.384. The van der Waals surface area contributed by atoms with E-state index in [1.807, 2.05) is 0 Å². The summed E-state index contributed by atoms with van der Waals surface area (Å²) in [5, 5.41) is 11.2. The molecule has 0 fully saturated rings. The van der Waals surface area contributed by atoms with Gasteiger partial charge in [-0.05, 0) is 48.0 Å². The molecule has 2 aromatic carbocycles. The molecule has 7 heteroatoms. The summed E-state index contributed by atoms with van der Waals surface area (Å²) in [5.74, 6) is -0.310. The zero-order valence-electron chi connectivity index (χ0n) is 12.1. The number of nitrogens with zero attached hydrogens (tertiary/aromatic N) is 1. The average molecular weight is 334 g/mol. The van der Waals surface area contributed by atoms with Crippen molar-refractivity contribution >= 4 is 29.3 Å². The van der Waals surface area contributed by atoms with Gasteiger partial charge in [0.1, 0.15) is 5.75 Å². The molecular formula is C16H12ClNO5. The second-order valence-electron chi connectivity index (χ2n) is 4.40. The van der Waals surface area contributed by atoms with Crippen LogP contribution >= 0.6 is 11.6 Å². The molecule has 118 valence electrons. The number of hydrogen-bond donors (Lipinski definition) is 0. The van der Waals surface area contributed by atoms with Gasteiger partial charge in [-0.2, -0.15) is 0 Å². The number of nitro groups is 1. The topological polar surface area (TPSA) is 78.7 Å². The summed E-state index contributed by atoms with van der Waals surface area (Å²) in [6.07, 6.45) is 1.43. The Morgan fingerprint density at radius 2 is 1.74 bits per heavy atom. The zero-order valence-corrected chi connectivity index (χ0v) is 12.8. The Morgan fingerprint density at radius 1 is 1.13 bits per heavy atom. The van der Waals surface area contributed by atoms with Crippen molar-refractivity contribution in [2.45, 2.75) is 0 Å². The number of rotatable bonds is 5. The third-order valence-corrected chi connectivity index (χ3v) is 3.08. The van der Waals surface area contributed by atoms with Gasteiger partial charge in [0.25, 0.3) is 5.69 Å². The van der Waals surface area contributed by atoms with E-state index in [0.29, 0.717) is 16.3 Å². The van der Waals surface area contributed by atoms with E-state index in [1.165, 1.54) is 37.5 Å². The first kappa shape index (κ1) is 16.5. The molecule has 2 rings (SSSR count). The van der Waals surface area contributed by atoms with Gasteiger partial charge >= 0.3 is 5.97 Å². The minimum Gasteiger partial charge on any atom is -0.463 e. The Labute approximate surface area is 137 Å². The molecule has 0 N–H and O–H groups in total. The van der Waals surface area contributed by atoms with Crippen LogP contribution < -0.4 is 4.74 Å². The third-order valence-electron chi connectivity index (χ3n) is 2.83. The van der Waals surface area contributed by atoms with E-state index in [9.17, 15) is 14.9 Å². The molecule has 0 aromatic heterocycles. The Morgan fingerprint density at radius 3 is 2.26 bits per heavy atom. The molecule has 23 heavy (non-hydrogen) atoms. The van der Waals surface area contributed by atoms with Crippen LogP contribution in [-0.2, 0) is 9.53 Å². The number of carbonyl (C=O) groups is 1. The highest BCUT2D eigenvalue weighted by Gasteiger charge is 2.13. The Balaban J connectivity index is 2.28. The molecule has 0 aliphatic rings. The standard InChI is InChI=1S/C16H12ClNO5/c1-22-16(19)15(23-14-8-4-12(17)5-9-14)10-11-2-6-13(7-3-11)18(20)21/h2-10H,1H3/b15-10-. The number of nitro benzene ring substituents is 1. The Hall–Kier alpha value is -2.86. The number of halogens is 1. The van der Waals surface area contributed by atoms with Crippen LogP contribution in [0, 0.1) is 10.1 Å². The Bertz CT molecular complexity index is 738. The first-order chi connectivity index (χ1) is 11.0. The fraction of sp³-hybridized carbons (Fsp3) is 0.0625. The molecule has 2 aromatic rings. The molecule has 0 amide bonds. The number of methoxy groups -OCH3 is 1. The van der Waals surface area contributed by atoms with Crippen LogP contribution in [0.3, 0.4) is 0 Å². The maximum atomic E-state index is 11.8. The second kappa shape index (κ2) is 7.42. The van der Waals surface area contributed by atoms with Crippen LogP contribution in [-0.4, -0.2) is 18.0 Å². The van der Waals surface area contributed by atoms with Gasteiger partial charge in [0, 0.05) is 17.2 Å². The van der Waals surface area contributed by atoms with Crippen LogP contribution in [0.25, 0.3) is 6.08 Å². The van der Waals surface area contributed by atoms with Crippen LogP contribution in [0.1, 0.15) is 5.56 Å². The van der Waals surface area contributed by atoms with Gasteiger partial charge in [0.2, 0.25) is 5.76 Å². The number of non-ortho nitro benzene ring substituents is 1. The fourth-order valence-electron chi connectivity index (χ4n) is 1.70. The smallest absolute Gasteiger partial charge is 0.373 e.